The van der Waals surface area contributed by atoms with E-state index in [1.54, 1.807) is 12.3 Å². The maximum atomic E-state index is 13.0. The fraction of sp³-hybridized carbons (Fsp3) is 0. The molecule has 3 N–H and O–H groups in total. The van der Waals surface area contributed by atoms with E-state index in [9.17, 15) is 4.39 Å². The quantitative estimate of drug-likeness (QED) is 0.890. The number of halogens is 2. The molecule has 0 bridgehead atoms. The third-order valence-electron chi connectivity index (χ3n) is 1.69. The highest BCUT2D eigenvalue weighted by Gasteiger charge is 2.04. The summed E-state index contributed by atoms with van der Waals surface area (Å²) in [5, 5.41) is 4.23. The van der Waals surface area contributed by atoms with E-state index < -0.39 is 0 Å². The molecular formula is C9H7BrFN3S. The monoisotopic (exact) mass is 287 g/mol. The topological polar surface area (TPSA) is 50.9 Å². The Morgan fingerprint density at radius 2 is 2.27 bits per heavy atom. The van der Waals surface area contributed by atoms with Crippen LogP contribution in [-0.2, 0) is 0 Å². The highest BCUT2D eigenvalue weighted by Crippen LogP contribution is 2.29. The van der Waals surface area contributed by atoms with Crippen LogP contribution in [0.4, 0.5) is 20.2 Å². The van der Waals surface area contributed by atoms with E-state index in [4.69, 9.17) is 5.73 Å². The Hall–Kier alpha value is -1.14. The summed E-state index contributed by atoms with van der Waals surface area (Å²) in [5.41, 5.74) is 6.16. The van der Waals surface area contributed by atoms with Gasteiger partial charge in [-0.15, -0.1) is 0 Å². The van der Waals surface area contributed by atoms with Gasteiger partial charge in [0.15, 0.2) is 5.13 Å². The molecular weight excluding hydrogens is 281 g/mol. The van der Waals surface area contributed by atoms with Crippen LogP contribution in [0.15, 0.2) is 28.9 Å². The summed E-state index contributed by atoms with van der Waals surface area (Å²) in [6.07, 6.45) is 1.56. The highest BCUT2D eigenvalue weighted by atomic mass is 79.9. The van der Waals surface area contributed by atoms with E-state index in [1.165, 1.54) is 23.5 Å². The van der Waals surface area contributed by atoms with Gasteiger partial charge in [0.2, 0.25) is 0 Å². The van der Waals surface area contributed by atoms with Crippen molar-refractivity contribution in [1.82, 2.24) is 4.98 Å². The van der Waals surface area contributed by atoms with Crippen LogP contribution in [0.5, 0.6) is 0 Å². The van der Waals surface area contributed by atoms with Gasteiger partial charge in [0.25, 0.3) is 0 Å². The highest BCUT2D eigenvalue weighted by molar-refractivity contribution is 9.10. The molecule has 0 spiro atoms. The average molecular weight is 288 g/mol. The number of hydrogen-bond acceptors (Lipinski definition) is 4. The standard InChI is InChI=1S/C9H7BrFN3S/c10-6-2-1-5(11)3-7(6)14-9-13-4-8(12)15-9/h1-4H,12H2,(H,13,14). The molecule has 0 saturated heterocycles. The molecule has 15 heavy (non-hydrogen) atoms. The van der Waals surface area contributed by atoms with E-state index in [0.29, 0.717) is 15.8 Å². The van der Waals surface area contributed by atoms with Gasteiger partial charge in [-0.1, -0.05) is 11.3 Å². The second-order valence-corrected chi connectivity index (χ2v) is 4.73. The van der Waals surface area contributed by atoms with Gasteiger partial charge in [-0.25, -0.2) is 9.37 Å². The minimum absolute atomic E-state index is 0.301. The summed E-state index contributed by atoms with van der Waals surface area (Å²) < 4.78 is 13.7. The summed E-state index contributed by atoms with van der Waals surface area (Å²) in [7, 11) is 0. The number of nitrogen functional groups attached to an aromatic ring is 1. The second kappa shape index (κ2) is 4.16. The van der Waals surface area contributed by atoms with Gasteiger partial charge < -0.3 is 11.1 Å². The molecule has 0 atom stereocenters. The molecule has 6 heteroatoms. The van der Waals surface area contributed by atoms with Gasteiger partial charge in [0.05, 0.1) is 11.9 Å². The number of benzene rings is 1. The predicted octanol–water partition coefficient (Wildman–Crippen LogP) is 3.37. The number of nitrogens with one attached hydrogen (secondary N) is 1. The van der Waals surface area contributed by atoms with Gasteiger partial charge in [0.1, 0.15) is 10.8 Å². The Balaban J connectivity index is 2.27. The largest absolute Gasteiger partial charge is 0.389 e. The van der Waals surface area contributed by atoms with Crippen molar-refractivity contribution >= 4 is 43.1 Å². The molecule has 2 aromatic rings. The van der Waals surface area contributed by atoms with Crippen LogP contribution in [0, 0.1) is 5.82 Å². The van der Waals surface area contributed by atoms with Crippen LogP contribution in [0.2, 0.25) is 0 Å². The predicted molar refractivity (Wildman–Crippen MR) is 63.9 cm³/mol. The maximum Gasteiger partial charge on any atom is 0.189 e. The fourth-order valence-corrected chi connectivity index (χ4v) is 1.99. The first kappa shape index (κ1) is 10.4. The normalized spacial score (nSPS) is 10.3. The van der Waals surface area contributed by atoms with Crippen molar-refractivity contribution in [3.05, 3.63) is 34.7 Å². The van der Waals surface area contributed by atoms with Crippen molar-refractivity contribution in [2.75, 3.05) is 11.1 Å². The Kier molecular flexibility index (Phi) is 2.88. The van der Waals surface area contributed by atoms with E-state index in [-0.39, 0.29) is 5.82 Å². The van der Waals surface area contributed by atoms with Crippen LogP contribution in [0.3, 0.4) is 0 Å². The molecule has 0 radical (unpaired) electrons. The molecule has 1 aromatic heterocycles. The van der Waals surface area contributed by atoms with Crippen LogP contribution in [-0.4, -0.2) is 4.98 Å². The molecule has 0 aliphatic rings. The first-order chi connectivity index (χ1) is 7.15. The molecule has 0 fully saturated rings. The SMILES string of the molecule is Nc1cnc(Nc2cc(F)ccc2Br)s1. The lowest BCUT2D eigenvalue weighted by atomic mass is 10.3. The molecule has 78 valence electrons. The fourth-order valence-electron chi connectivity index (χ4n) is 1.05. The van der Waals surface area contributed by atoms with E-state index >= 15 is 0 Å². The zero-order chi connectivity index (χ0) is 10.8. The average Bonchev–Trinajstić information content (AvgIpc) is 2.58. The number of aromatic nitrogens is 1. The lowest BCUT2D eigenvalue weighted by Crippen LogP contribution is -1.91. The molecule has 1 aromatic carbocycles. The van der Waals surface area contributed by atoms with Crippen LogP contribution in [0.25, 0.3) is 0 Å². The van der Waals surface area contributed by atoms with Gasteiger partial charge in [-0.05, 0) is 34.1 Å². The van der Waals surface area contributed by atoms with Crippen molar-refractivity contribution in [3.63, 3.8) is 0 Å². The molecule has 2 rings (SSSR count). The number of anilines is 3. The van der Waals surface area contributed by atoms with Crippen molar-refractivity contribution in [1.29, 1.82) is 0 Å². The minimum atomic E-state index is -0.301. The van der Waals surface area contributed by atoms with Crippen molar-refractivity contribution in [2.45, 2.75) is 0 Å². The number of nitrogens with zero attached hydrogens (tertiary/aromatic N) is 1. The Morgan fingerprint density at radius 3 is 2.93 bits per heavy atom. The third-order valence-corrected chi connectivity index (χ3v) is 3.13. The number of nitrogens with two attached hydrogens (primary N) is 1. The summed E-state index contributed by atoms with van der Waals surface area (Å²) in [5.74, 6) is -0.301. The first-order valence-electron chi connectivity index (χ1n) is 4.08. The van der Waals surface area contributed by atoms with Gasteiger partial charge in [0, 0.05) is 4.47 Å². The molecule has 0 amide bonds. The van der Waals surface area contributed by atoms with Gasteiger partial charge in [-0.2, -0.15) is 0 Å². The Morgan fingerprint density at radius 1 is 1.47 bits per heavy atom. The van der Waals surface area contributed by atoms with Crippen LogP contribution < -0.4 is 11.1 Å². The third kappa shape index (κ3) is 2.45. The molecule has 0 saturated carbocycles. The maximum absolute atomic E-state index is 13.0. The molecule has 0 unspecified atom stereocenters. The Labute approximate surface area is 98.3 Å². The van der Waals surface area contributed by atoms with E-state index in [0.717, 1.165) is 4.47 Å². The van der Waals surface area contributed by atoms with Gasteiger partial charge >= 0.3 is 0 Å². The van der Waals surface area contributed by atoms with Crippen molar-refractivity contribution < 1.29 is 4.39 Å². The summed E-state index contributed by atoms with van der Waals surface area (Å²) in [6.45, 7) is 0. The first-order valence-corrected chi connectivity index (χ1v) is 5.69. The molecule has 3 nitrogen and oxygen atoms in total. The molecule has 0 aliphatic heterocycles. The zero-order valence-corrected chi connectivity index (χ0v) is 9.90. The van der Waals surface area contributed by atoms with Gasteiger partial charge in [-0.3, -0.25) is 0 Å². The smallest absolute Gasteiger partial charge is 0.189 e. The summed E-state index contributed by atoms with van der Waals surface area (Å²) in [6, 6.07) is 4.40. The number of rotatable bonds is 2. The summed E-state index contributed by atoms with van der Waals surface area (Å²) >= 11 is 4.62. The van der Waals surface area contributed by atoms with E-state index in [2.05, 4.69) is 26.2 Å². The zero-order valence-electron chi connectivity index (χ0n) is 7.50. The number of hydrogen-bond donors (Lipinski definition) is 2. The number of thiazole rings is 1. The van der Waals surface area contributed by atoms with Crippen molar-refractivity contribution in [2.24, 2.45) is 0 Å². The lowest BCUT2D eigenvalue weighted by molar-refractivity contribution is 0.628. The van der Waals surface area contributed by atoms with E-state index in [1.807, 2.05) is 0 Å². The summed E-state index contributed by atoms with van der Waals surface area (Å²) in [4.78, 5) is 4.02. The lowest BCUT2D eigenvalue weighted by Gasteiger charge is -2.04. The molecule has 0 aliphatic carbocycles. The second-order valence-electron chi connectivity index (χ2n) is 2.82. The Bertz CT molecular complexity index is 486. The molecule has 1 heterocycles. The van der Waals surface area contributed by atoms with Crippen LogP contribution in [0.1, 0.15) is 0 Å². The van der Waals surface area contributed by atoms with Crippen LogP contribution >= 0.6 is 27.3 Å². The minimum Gasteiger partial charge on any atom is -0.389 e. The van der Waals surface area contributed by atoms with Crippen molar-refractivity contribution in [3.8, 4) is 0 Å².